The van der Waals surface area contributed by atoms with Crippen molar-refractivity contribution >= 4 is 5.97 Å². The smallest absolute Gasteiger partial charge is 0.395 e. The number of aliphatic carboxylic acids is 1. The molecule has 0 aromatic carbocycles. The third-order valence-corrected chi connectivity index (χ3v) is 2.05. The topological polar surface area (TPSA) is 37.3 Å². The Bertz CT molecular complexity index is 284. The van der Waals surface area contributed by atoms with Crippen LogP contribution in [0.5, 0.6) is 0 Å². The summed E-state index contributed by atoms with van der Waals surface area (Å²) in [5.74, 6) is -15.8. The summed E-state index contributed by atoms with van der Waals surface area (Å²) in [5.41, 5.74) is 0. The molecule has 0 aliphatic rings. The lowest BCUT2D eigenvalue weighted by atomic mass is 9.91. The van der Waals surface area contributed by atoms with Gasteiger partial charge in [-0.05, 0) is 6.42 Å². The number of carboxylic acids is 1. The van der Waals surface area contributed by atoms with Gasteiger partial charge in [0.25, 0.3) is 0 Å². The molecule has 1 atom stereocenters. The monoisotopic (exact) mass is 270 g/mol. The maximum absolute atomic E-state index is 13.0. The maximum atomic E-state index is 13.0. The van der Waals surface area contributed by atoms with Gasteiger partial charge in [0.05, 0.1) is 0 Å². The third-order valence-electron chi connectivity index (χ3n) is 2.05. The van der Waals surface area contributed by atoms with Crippen molar-refractivity contribution in [2.45, 2.75) is 37.8 Å². The molecule has 0 aliphatic heterocycles. The second-order valence-electron chi connectivity index (χ2n) is 3.42. The van der Waals surface area contributed by atoms with Crippen LogP contribution in [0.4, 0.5) is 30.7 Å². The van der Waals surface area contributed by atoms with Crippen LogP contribution < -0.4 is 0 Å². The molecule has 17 heavy (non-hydrogen) atoms. The molecule has 1 unspecified atom stereocenters. The molecule has 0 rings (SSSR count). The zero-order valence-corrected chi connectivity index (χ0v) is 8.49. The second kappa shape index (κ2) is 4.69. The molecule has 0 spiro atoms. The van der Waals surface area contributed by atoms with Gasteiger partial charge in [-0.1, -0.05) is 6.92 Å². The Morgan fingerprint density at radius 3 is 1.76 bits per heavy atom. The molecule has 9 heteroatoms. The molecular formula is C8H9F7O2. The Labute approximate surface area is 91.4 Å². The fraction of sp³-hybridized carbons (Fsp3) is 0.875. The van der Waals surface area contributed by atoms with Gasteiger partial charge >= 0.3 is 24.0 Å². The van der Waals surface area contributed by atoms with Crippen molar-refractivity contribution in [2.24, 2.45) is 5.92 Å². The van der Waals surface area contributed by atoms with E-state index in [9.17, 15) is 35.5 Å². The number of hydrogen-bond donors (Lipinski definition) is 1. The average molecular weight is 270 g/mol. The van der Waals surface area contributed by atoms with E-state index in [-0.39, 0.29) is 0 Å². The highest BCUT2D eigenvalue weighted by Crippen LogP contribution is 2.47. The van der Waals surface area contributed by atoms with Gasteiger partial charge in [-0.3, -0.25) is 4.79 Å². The zero-order chi connectivity index (χ0) is 14.1. The Balaban J connectivity index is 5.20. The molecule has 0 fully saturated rings. The van der Waals surface area contributed by atoms with E-state index in [0.29, 0.717) is 0 Å². The van der Waals surface area contributed by atoms with E-state index in [1.807, 2.05) is 0 Å². The van der Waals surface area contributed by atoms with E-state index in [1.165, 1.54) is 0 Å². The summed E-state index contributed by atoms with van der Waals surface area (Å²) in [6.07, 6.45) is -9.48. The first kappa shape index (κ1) is 16.0. The van der Waals surface area contributed by atoms with Crippen LogP contribution in [-0.4, -0.2) is 29.1 Å². The minimum absolute atomic E-state index is 0.871. The standard InChI is InChI=1S/C8H9F7O2/c1-2-4(5(16)17)8(14,15)6(9,10)3-7(11,12)13/h4H,2-3H2,1H3,(H,16,17). The summed E-state index contributed by atoms with van der Waals surface area (Å²) in [7, 11) is 0. The van der Waals surface area contributed by atoms with Gasteiger partial charge in [0.2, 0.25) is 0 Å². The molecule has 0 radical (unpaired) electrons. The SMILES string of the molecule is CCC(C(=O)O)C(F)(F)C(F)(F)CC(F)(F)F. The van der Waals surface area contributed by atoms with Crippen molar-refractivity contribution < 1.29 is 40.6 Å². The minimum Gasteiger partial charge on any atom is -0.481 e. The van der Waals surface area contributed by atoms with Gasteiger partial charge < -0.3 is 5.11 Å². The summed E-state index contributed by atoms with van der Waals surface area (Å²) in [5, 5.41) is 8.28. The quantitative estimate of drug-likeness (QED) is 0.778. The van der Waals surface area contributed by atoms with Crippen molar-refractivity contribution in [1.82, 2.24) is 0 Å². The lowest BCUT2D eigenvalue weighted by Gasteiger charge is -2.31. The van der Waals surface area contributed by atoms with Gasteiger partial charge in [-0.2, -0.15) is 30.7 Å². The highest BCUT2D eigenvalue weighted by Gasteiger charge is 2.65. The zero-order valence-electron chi connectivity index (χ0n) is 8.49. The van der Waals surface area contributed by atoms with E-state index in [4.69, 9.17) is 5.11 Å². The van der Waals surface area contributed by atoms with Crippen LogP contribution in [0.1, 0.15) is 19.8 Å². The van der Waals surface area contributed by atoms with Gasteiger partial charge in [-0.25, -0.2) is 0 Å². The molecule has 0 saturated heterocycles. The van der Waals surface area contributed by atoms with Crippen LogP contribution >= 0.6 is 0 Å². The number of hydrogen-bond acceptors (Lipinski definition) is 1. The van der Waals surface area contributed by atoms with Crippen LogP contribution in [0.25, 0.3) is 0 Å². The fourth-order valence-corrected chi connectivity index (χ4v) is 1.21. The van der Waals surface area contributed by atoms with Crippen molar-refractivity contribution in [3.05, 3.63) is 0 Å². The molecule has 0 bridgehead atoms. The van der Waals surface area contributed by atoms with E-state index in [2.05, 4.69) is 0 Å². The van der Waals surface area contributed by atoms with Gasteiger partial charge in [-0.15, -0.1) is 0 Å². The van der Waals surface area contributed by atoms with E-state index in [1.54, 1.807) is 0 Å². The van der Waals surface area contributed by atoms with Gasteiger partial charge in [0.1, 0.15) is 12.3 Å². The number of halogens is 7. The molecular weight excluding hydrogens is 261 g/mol. The number of alkyl halides is 7. The largest absolute Gasteiger partial charge is 0.481 e. The van der Waals surface area contributed by atoms with E-state index < -0.39 is 42.8 Å². The van der Waals surface area contributed by atoms with Crippen LogP contribution in [-0.2, 0) is 4.79 Å². The summed E-state index contributed by atoms with van der Waals surface area (Å²) in [4.78, 5) is 10.3. The molecule has 0 aliphatic carbocycles. The molecule has 0 aromatic heterocycles. The lowest BCUT2D eigenvalue weighted by Crippen LogP contribution is -2.51. The first-order valence-electron chi connectivity index (χ1n) is 4.40. The number of rotatable bonds is 5. The Kier molecular flexibility index (Phi) is 4.41. The van der Waals surface area contributed by atoms with Crippen LogP contribution in [0, 0.1) is 5.92 Å². The predicted molar refractivity (Wildman–Crippen MR) is 42.0 cm³/mol. The van der Waals surface area contributed by atoms with Crippen molar-refractivity contribution in [1.29, 1.82) is 0 Å². The molecule has 0 aromatic rings. The molecule has 1 N–H and O–H groups in total. The molecule has 0 saturated carbocycles. The average Bonchev–Trinajstić information content (AvgIpc) is 1.97. The summed E-state index contributed by atoms with van der Waals surface area (Å²) in [6, 6.07) is 0. The summed E-state index contributed by atoms with van der Waals surface area (Å²) < 4.78 is 86.6. The highest BCUT2D eigenvalue weighted by molar-refractivity contribution is 5.71. The van der Waals surface area contributed by atoms with Crippen LogP contribution in [0.15, 0.2) is 0 Å². The third kappa shape index (κ3) is 3.74. The molecule has 0 heterocycles. The van der Waals surface area contributed by atoms with Crippen molar-refractivity contribution in [3.8, 4) is 0 Å². The van der Waals surface area contributed by atoms with Crippen molar-refractivity contribution in [2.75, 3.05) is 0 Å². The first-order valence-corrected chi connectivity index (χ1v) is 4.40. The Hall–Kier alpha value is -1.02. The predicted octanol–water partition coefficient (Wildman–Crippen LogP) is 3.32. The van der Waals surface area contributed by atoms with E-state index >= 15 is 0 Å². The summed E-state index contributed by atoms with van der Waals surface area (Å²) >= 11 is 0. The minimum atomic E-state index is -5.51. The second-order valence-corrected chi connectivity index (χ2v) is 3.42. The van der Waals surface area contributed by atoms with Crippen LogP contribution in [0.2, 0.25) is 0 Å². The highest BCUT2D eigenvalue weighted by atomic mass is 19.4. The van der Waals surface area contributed by atoms with Gasteiger partial charge in [0.15, 0.2) is 0 Å². The maximum Gasteiger partial charge on any atom is 0.395 e. The van der Waals surface area contributed by atoms with E-state index in [0.717, 1.165) is 6.92 Å². The summed E-state index contributed by atoms with van der Waals surface area (Å²) in [6.45, 7) is 0.871. The lowest BCUT2D eigenvalue weighted by molar-refractivity contribution is -0.280. The number of carboxylic acid groups (broad SMARTS) is 1. The van der Waals surface area contributed by atoms with Crippen molar-refractivity contribution in [3.63, 3.8) is 0 Å². The normalized spacial score (nSPS) is 15.8. The number of carbonyl (C=O) groups is 1. The Morgan fingerprint density at radius 1 is 1.12 bits per heavy atom. The molecule has 0 amide bonds. The Morgan fingerprint density at radius 2 is 1.53 bits per heavy atom. The van der Waals surface area contributed by atoms with Crippen LogP contribution in [0.3, 0.4) is 0 Å². The fourth-order valence-electron chi connectivity index (χ4n) is 1.21. The van der Waals surface area contributed by atoms with Gasteiger partial charge in [0, 0.05) is 0 Å². The molecule has 2 nitrogen and oxygen atoms in total. The first-order chi connectivity index (χ1) is 7.35. The molecule has 102 valence electrons.